The van der Waals surface area contributed by atoms with Crippen LogP contribution in [0.2, 0.25) is 0 Å². The van der Waals surface area contributed by atoms with Crippen LogP contribution >= 0.6 is 16.1 Å². The molecule has 2 atom stereocenters. The van der Waals surface area contributed by atoms with E-state index >= 15 is 0 Å². The van der Waals surface area contributed by atoms with Crippen LogP contribution in [0, 0.1) is 0 Å². The molecule has 0 saturated carbocycles. The first-order valence-electron chi connectivity index (χ1n) is 9.22. The fourth-order valence-corrected chi connectivity index (χ4v) is 4.30. The van der Waals surface area contributed by atoms with E-state index in [2.05, 4.69) is 6.92 Å². The van der Waals surface area contributed by atoms with Crippen molar-refractivity contribution in [2.75, 3.05) is 19.1 Å². The summed E-state index contributed by atoms with van der Waals surface area (Å²) in [5, 5.41) is 0. The van der Waals surface area contributed by atoms with E-state index in [0.29, 0.717) is 6.54 Å². The lowest BCUT2D eigenvalue weighted by Gasteiger charge is -2.18. The summed E-state index contributed by atoms with van der Waals surface area (Å²) in [6.07, 6.45) is 15.3. The molecule has 0 saturated heterocycles. The molecule has 0 spiro atoms. The molecule has 0 radical (unpaired) electrons. The third-order valence-corrected chi connectivity index (χ3v) is 5.48. The first kappa shape index (κ1) is 23.3. The monoisotopic (exact) mass is 369 g/mol. The van der Waals surface area contributed by atoms with E-state index in [1.54, 1.807) is 4.90 Å². The highest BCUT2D eigenvalue weighted by molar-refractivity contribution is 7.38. The molecule has 5 nitrogen and oxygen atoms in total. The first-order valence-corrected chi connectivity index (χ1v) is 12.3. The predicted octanol–water partition coefficient (Wildman–Crippen LogP) is 4.84. The Hall–Kier alpha value is 0.340. The van der Waals surface area contributed by atoms with E-state index in [1.165, 1.54) is 64.2 Å². The minimum absolute atomic E-state index is 0.0413. The normalized spacial score (nSPS) is 14.3. The van der Waals surface area contributed by atoms with E-state index < -0.39 is 16.1 Å². The molecule has 140 valence electrons. The molecule has 0 fully saturated rings. The fourth-order valence-electron chi connectivity index (χ4n) is 2.77. The molecule has 0 heterocycles. The van der Waals surface area contributed by atoms with Crippen molar-refractivity contribution in [3.05, 3.63) is 0 Å². The highest BCUT2D eigenvalue weighted by Gasteiger charge is 2.09. The minimum Gasteiger partial charge on any atom is -0.345 e. The third kappa shape index (κ3) is 18.5. The average molecular weight is 369 g/mol. The zero-order valence-corrected chi connectivity index (χ0v) is 16.8. The van der Waals surface area contributed by atoms with Gasteiger partial charge in [0.15, 0.2) is 0 Å². The van der Waals surface area contributed by atoms with Crippen LogP contribution in [0.25, 0.3) is 0 Å². The third-order valence-electron chi connectivity index (χ3n) is 4.05. The summed E-state index contributed by atoms with van der Waals surface area (Å²) in [7, 11) is -5.20. The molecule has 0 aliphatic rings. The topological polar surface area (TPSA) is 77.8 Å². The minimum atomic E-state index is -2.60. The van der Waals surface area contributed by atoms with Gasteiger partial charge in [0, 0.05) is 0 Å². The van der Waals surface area contributed by atoms with Crippen LogP contribution < -0.4 is 0 Å². The van der Waals surface area contributed by atoms with Crippen molar-refractivity contribution < 1.29 is 18.9 Å². The summed E-state index contributed by atoms with van der Waals surface area (Å²) in [4.78, 5) is 19.6. The number of nitrogens with zero attached hydrogens (tertiary/aromatic N) is 1. The molecule has 0 aliphatic carbocycles. The Bertz CT molecular complexity index is 300. The number of unbranched alkanes of at least 4 members (excludes halogenated alkanes) is 11. The molecule has 0 aromatic carbocycles. The van der Waals surface area contributed by atoms with Gasteiger partial charge in [-0.05, 0) is 13.0 Å². The zero-order valence-electron chi connectivity index (χ0n) is 14.8. The van der Waals surface area contributed by atoms with Gasteiger partial charge < -0.3 is 9.79 Å². The van der Waals surface area contributed by atoms with Gasteiger partial charge in [-0.25, -0.2) is 0 Å². The van der Waals surface area contributed by atoms with Crippen LogP contribution in [-0.2, 0) is 9.13 Å². The Morgan fingerprint density at radius 3 is 1.35 bits per heavy atom. The highest BCUT2D eigenvalue weighted by Crippen LogP contribution is 2.22. The second-order valence-electron chi connectivity index (χ2n) is 6.39. The molecule has 0 amide bonds. The van der Waals surface area contributed by atoms with E-state index in [-0.39, 0.29) is 12.6 Å². The summed E-state index contributed by atoms with van der Waals surface area (Å²) in [5.74, 6) is 0. The Labute approximate surface area is 143 Å². The van der Waals surface area contributed by atoms with Crippen LogP contribution in [-0.4, -0.2) is 33.8 Å². The van der Waals surface area contributed by atoms with E-state index in [1.807, 2.05) is 0 Å². The van der Waals surface area contributed by atoms with Gasteiger partial charge in [-0.2, -0.15) is 0 Å². The van der Waals surface area contributed by atoms with Gasteiger partial charge in [-0.15, -0.1) is 0 Å². The van der Waals surface area contributed by atoms with Gasteiger partial charge in [-0.3, -0.25) is 14.0 Å². The molecule has 0 aromatic rings. The molecular weight excluding hydrogens is 332 g/mol. The predicted molar refractivity (Wildman–Crippen MR) is 100.0 cm³/mol. The van der Waals surface area contributed by atoms with Gasteiger partial charge in [0.2, 0.25) is 16.1 Å². The first-order chi connectivity index (χ1) is 11.1. The van der Waals surface area contributed by atoms with Crippen molar-refractivity contribution in [2.45, 2.75) is 84.0 Å². The Balaban J connectivity index is 3.42. The second kappa shape index (κ2) is 17.2. The van der Waals surface area contributed by atoms with Crippen molar-refractivity contribution in [3.8, 4) is 0 Å². The fraction of sp³-hybridized carbons (Fsp3) is 1.00. The average Bonchev–Trinajstić information content (AvgIpc) is 2.47. The van der Waals surface area contributed by atoms with Crippen molar-refractivity contribution >= 4 is 16.1 Å². The molecule has 0 bridgehead atoms. The van der Waals surface area contributed by atoms with E-state index in [4.69, 9.17) is 9.79 Å². The molecule has 0 rings (SSSR count). The van der Waals surface area contributed by atoms with Crippen LogP contribution in [0.15, 0.2) is 0 Å². The van der Waals surface area contributed by atoms with Crippen molar-refractivity contribution in [3.63, 3.8) is 0 Å². The maximum Gasteiger partial charge on any atom is 0.202 e. The van der Waals surface area contributed by atoms with Gasteiger partial charge in [-0.1, -0.05) is 77.6 Å². The van der Waals surface area contributed by atoms with Crippen LogP contribution in [0.5, 0.6) is 0 Å². The zero-order chi connectivity index (χ0) is 17.3. The maximum atomic E-state index is 10.9. The summed E-state index contributed by atoms with van der Waals surface area (Å²) < 4.78 is 21.8. The quantitative estimate of drug-likeness (QED) is 0.283. The number of rotatable bonds is 17. The summed E-state index contributed by atoms with van der Waals surface area (Å²) >= 11 is 0. The molecular formula is C16H37NO4P2. The summed E-state index contributed by atoms with van der Waals surface area (Å²) in [5.41, 5.74) is 0. The molecule has 0 aliphatic heterocycles. The lowest BCUT2D eigenvalue weighted by Crippen LogP contribution is -2.23. The number of hydrogen-bond donors (Lipinski definition) is 2. The molecule has 7 heteroatoms. The largest absolute Gasteiger partial charge is 0.345 e. The Morgan fingerprint density at radius 1 is 0.652 bits per heavy atom. The SMILES string of the molecule is CCCCCCCCCCCCCCN(C[PH](=O)O)C[PH](=O)O. The second-order valence-corrected chi connectivity index (χ2v) is 8.59. The molecule has 0 aromatic heterocycles. The van der Waals surface area contributed by atoms with Crippen LogP contribution in [0.3, 0.4) is 0 Å². The molecule has 2 unspecified atom stereocenters. The Morgan fingerprint density at radius 2 is 1.00 bits per heavy atom. The lowest BCUT2D eigenvalue weighted by molar-refractivity contribution is 0.328. The van der Waals surface area contributed by atoms with Crippen molar-refractivity contribution in [2.24, 2.45) is 0 Å². The summed E-state index contributed by atoms with van der Waals surface area (Å²) in [6, 6.07) is 0. The van der Waals surface area contributed by atoms with Crippen molar-refractivity contribution in [1.29, 1.82) is 0 Å². The lowest BCUT2D eigenvalue weighted by atomic mass is 10.1. The van der Waals surface area contributed by atoms with Gasteiger partial charge in [0.25, 0.3) is 0 Å². The smallest absolute Gasteiger partial charge is 0.202 e. The number of hydrogen-bond acceptors (Lipinski definition) is 3. The van der Waals surface area contributed by atoms with Crippen LogP contribution in [0.4, 0.5) is 0 Å². The van der Waals surface area contributed by atoms with E-state index in [9.17, 15) is 9.13 Å². The molecule has 2 N–H and O–H groups in total. The van der Waals surface area contributed by atoms with Gasteiger partial charge >= 0.3 is 0 Å². The maximum absolute atomic E-state index is 10.9. The highest BCUT2D eigenvalue weighted by atomic mass is 31.1. The molecule has 23 heavy (non-hydrogen) atoms. The van der Waals surface area contributed by atoms with Gasteiger partial charge in [0.1, 0.15) is 0 Å². The summed E-state index contributed by atoms with van der Waals surface area (Å²) in [6.45, 7) is 2.89. The van der Waals surface area contributed by atoms with E-state index in [0.717, 1.165) is 12.8 Å². The standard InChI is InChI=1S/C16H37NO4P2/c1-2-3-4-5-6-7-8-9-10-11-12-13-14-17(15-22(18)19)16-23(20)21/h22-23H,2-16H2,1H3,(H,18,19)(H,20,21). The van der Waals surface area contributed by atoms with Crippen LogP contribution in [0.1, 0.15) is 84.0 Å². The Kier molecular flexibility index (Phi) is 17.4. The van der Waals surface area contributed by atoms with Crippen molar-refractivity contribution in [1.82, 2.24) is 4.90 Å². The van der Waals surface area contributed by atoms with Gasteiger partial charge in [0.05, 0.1) is 12.6 Å².